The maximum atomic E-state index is 5.83. The third-order valence-corrected chi connectivity index (χ3v) is 24.0. The SMILES string of the molecule is CCOCS(COCC)(c1ccccc1)C(C)(C)C.CCOCS(COCC)(c1ccccc1)C(C)(C)C.CCOCS(COCC)(c1ccccc1)C(C)(C)C.F.F.F. The Labute approximate surface area is 370 Å². The normalized spacial score (nSPS) is 12.8. The smallest absolute Gasteiger partial charge is 0.0830 e. The van der Waals surface area contributed by atoms with Gasteiger partial charge in [-0.25, -0.2) is 0 Å². The second-order valence-corrected chi connectivity index (χ2v) is 28.4. The molecule has 3 aromatic rings. The molecule has 60 heavy (non-hydrogen) atoms. The number of benzene rings is 3. The summed E-state index contributed by atoms with van der Waals surface area (Å²) in [7, 11) is -3.48. The molecule has 0 fully saturated rings. The molecule has 0 amide bonds. The molecule has 0 spiro atoms. The van der Waals surface area contributed by atoms with Gasteiger partial charge < -0.3 is 28.4 Å². The molecule has 354 valence electrons. The maximum Gasteiger partial charge on any atom is 0.0830 e. The van der Waals surface area contributed by atoms with E-state index in [1.54, 1.807) is 0 Å². The highest BCUT2D eigenvalue weighted by molar-refractivity contribution is 8.35. The number of ether oxygens (including phenoxy) is 6. The standard InChI is InChI=1S/3C16H28O2S.3FH/c3*1-6-17-13-19(14-18-7-2,16(3,4)5)15-11-9-8-10-12-15;;;/h3*8-12H,6-7,13-14H2,1-5H3;3*1H. The lowest BCUT2D eigenvalue weighted by Crippen LogP contribution is -2.32. The molecular formula is C48H87F3O6S3. The lowest BCUT2D eigenvalue weighted by Gasteiger charge is -2.50. The van der Waals surface area contributed by atoms with E-state index in [4.69, 9.17) is 28.4 Å². The van der Waals surface area contributed by atoms with Gasteiger partial charge in [-0.15, -0.1) is 0 Å². The van der Waals surface area contributed by atoms with Crippen LogP contribution in [0.2, 0.25) is 0 Å². The average Bonchev–Trinajstić information content (AvgIpc) is 3.18. The highest BCUT2D eigenvalue weighted by atomic mass is 32.3. The van der Waals surface area contributed by atoms with Gasteiger partial charge in [-0.2, -0.15) is 30.1 Å². The minimum atomic E-state index is -1.16. The van der Waals surface area contributed by atoms with Crippen LogP contribution >= 0.6 is 30.1 Å². The second kappa shape index (κ2) is 31.2. The van der Waals surface area contributed by atoms with Gasteiger partial charge in [-0.1, -0.05) is 117 Å². The first kappa shape index (κ1) is 62.6. The van der Waals surface area contributed by atoms with Crippen molar-refractivity contribution in [2.75, 3.05) is 75.3 Å². The molecule has 0 aliphatic heterocycles. The van der Waals surface area contributed by atoms with Crippen molar-refractivity contribution in [3.05, 3.63) is 91.0 Å². The van der Waals surface area contributed by atoms with Gasteiger partial charge in [-0.05, 0) is 107 Å². The molecule has 0 aliphatic carbocycles. The van der Waals surface area contributed by atoms with Crippen LogP contribution in [-0.2, 0) is 28.4 Å². The molecule has 0 N–H and O–H groups in total. The zero-order valence-electron chi connectivity index (χ0n) is 40.0. The fourth-order valence-electron chi connectivity index (χ4n) is 6.03. The van der Waals surface area contributed by atoms with Crippen molar-refractivity contribution in [3.8, 4) is 0 Å². The molecule has 0 aliphatic rings. The number of hydrogen-bond donors (Lipinski definition) is 0. The summed E-state index contributed by atoms with van der Waals surface area (Å²) in [6.07, 6.45) is 0. The van der Waals surface area contributed by atoms with Crippen molar-refractivity contribution in [2.45, 2.75) is 133 Å². The molecule has 12 heteroatoms. The van der Waals surface area contributed by atoms with E-state index in [1.807, 2.05) is 0 Å². The zero-order valence-corrected chi connectivity index (χ0v) is 42.5. The molecule has 0 aromatic heterocycles. The van der Waals surface area contributed by atoms with Crippen LogP contribution in [0.5, 0.6) is 0 Å². The van der Waals surface area contributed by atoms with Gasteiger partial charge in [0, 0.05) is 39.6 Å². The zero-order chi connectivity index (χ0) is 43.1. The Morgan fingerprint density at radius 3 is 0.567 bits per heavy atom. The topological polar surface area (TPSA) is 55.4 Å². The average molecular weight is 913 g/mol. The van der Waals surface area contributed by atoms with Crippen LogP contribution in [0, 0.1) is 0 Å². The van der Waals surface area contributed by atoms with Gasteiger partial charge in [0.25, 0.3) is 0 Å². The van der Waals surface area contributed by atoms with Gasteiger partial charge in [0.05, 0.1) is 35.6 Å². The Balaban J connectivity index is -0.000000792. The van der Waals surface area contributed by atoms with Crippen LogP contribution < -0.4 is 0 Å². The van der Waals surface area contributed by atoms with Crippen molar-refractivity contribution < 1.29 is 42.5 Å². The van der Waals surface area contributed by atoms with Crippen LogP contribution in [0.3, 0.4) is 0 Å². The highest BCUT2D eigenvalue weighted by Crippen LogP contribution is 2.67. The van der Waals surface area contributed by atoms with Gasteiger partial charge in [-0.3, -0.25) is 14.1 Å². The minimum absolute atomic E-state index is 0. The lowest BCUT2D eigenvalue weighted by atomic mass is 10.3. The van der Waals surface area contributed by atoms with E-state index in [1.165, 1.54) is 14.7 Å². The van der Waals surface area contributed by atoms with Gasteiger partial charge in [0.2, 0.25) is 0 Å². The molecule has 0 saturated heterocycles. The fraction of sp³-hybridized carbons (Fsp3) is 0.625. The summed E-state index contributed by atoms with van der Waals surface area (Å²) in [5, 5.41) is 0. The van der Waals surface area contributed by atoms with E-state index in [2.05, 4.69) is 195 Å². The van der Waals surface area contributed by atoms with E-state index in [0.29, 0.717) is 0 Å². The number of rotatable bonds is 21. The fourth-order valence-corrected chi connectivity index (χ4v) is 16.0. The third kappa shape index (κ3) is 18.2. The molecule has 0 unspecified atom stereocenters. The van der Waals surface area contributed by atoms with Crippen molar-refractivity contribution in [1.82, 2.24) is 0 Å². The Kier molecular flexibility index (Phi) is 32.5. The second-order valence-electron chi connectivity index (χ2n) is 16.6. The molecule has 3 rings (SSSR count). The first-order valence-electron chi connectivity index (χ1n) is 20.9. The van der Waals surface area contributed by atoms with Crippen LogP contribution in [0.25, 0.3) is 0 Å². The van der Waals surface area contributed by atoms with E-state index in [9.17, 15) is 0 Å². The van der Waals surface area contributed by atoms with Crippen LogP contribution in [-0.4, -0.2) is 89.5 Å². The van der Waals surface area contributed by atoms with E-state index in [-0.39, 0.29) is 28.4 Å². The summed E-state index contributed by atoms with van der Waals surface area (Å²) in [5.74, 6) is 4.65. The molecule has 6 nitrogen and oxygen atoms in total. The first-order valence-corrected chi connectivity index (χ1v) is 26.8. The molecule has 0 bridgehead atoms. The third-order valence-electron chi connectivity index (χ3n) is 10.0. The Hall–Kier alpha value is -1.74. The van der Waals surface area contributed by atoms with Gasteiger partial charge >= 0.3 is 0 Å². The van der Waals surface area contributed by atoms with Gasteiger partial charge in [0.15, 0.2) is 0 Å². The maximum absolute atomic E-state index is 5.83. The number of halogens is 3. The first-order chi connectivity index (χ1) is 26.9. The van der Waals surface area contributed by atoms with E-state index < -0.39 is 30.1 Å². The number of hydrogen-bond acceptors (Lipinski definition) is 6. The largest absolute Gasteiger partial charge is 0.372 e. The summed E-state index contributed by atoms with van der Waals surface area (Å²) in [6.45, 7) is 37.5. The van der Waals surface area contributed by atoms with Crippen molar-refractivity contribution in [3.63, 3.8) is 0 Å². The summed E-state index contributed by atoms with van der Waals surface area (Å²) < 4.78 is 35.5. The van der Waals surface area contributed by atoms with Gasteiger partial charge in [0.1, 0.15) is 0 Å². The minimum Gasteiger partial charge on any atom is -0.372 e. The Bertz CT molecular complexity index is 1240. The molecular weight excluding hydrogens is 826 g/mol. The highest BCUT2D eigenvalue weighted by Gasteiger charge is 2.41. The molecule has 0 atom stereocenters. The van der Waals surface area contributed by atoms with Crippen molar-refractivity contribution in [2.24, 2.45) is 0 Å². The quantitative estimate of drug-likeness (QED) is 0.106. The molecule has 0 radical (unpaired) electrons. The monoisotopic (exact) mass is 913 g/mol. The summed E-state index contributed by atoms with van der Waals surface area (Å²) >= 11 is 0. The van der Waals surface area contributed by atoms with E-state index in [0.717, 1.165) is 75.3 Å². The lowest BCUT2D eigenvalue weighted by molar-refractivity contribution is 0.176. The van der Waals surface area contributed by atoms with Crippen molar-refractivity contribution >= 4 is 30.1 Å². The van der Waals surface area contributed by atoms with Crippen LogP contribution in [0.1, 0.15) is 104 Å². The van der Waals surface area contributed by atoms with Crippen LogP contribution in [0.15, 0.2) is 106 Å². The molecule has 0 saturated carbocycles. The van der Waals surface area contributed by atoms with E-state index >= 15 is 0 Å². The summed E-state index contributed by atoms with van der Waals surface area (Å²) in [4.78, 5) is 4.14. The predicted octanol–water partition coefficient (Wildman–Crippen LogP) is 14.4. The van der Waals surface area contributed by atoms with Crippen molar-refractivity contribution in [1.29, 1.82) is 0 Å². The Morgan fingerprint density at radius 1 is 0.300 bits per heavy atom. The molecule has 3 aromatic carbocycles. The summed E-state index contributed by atoms with van der Waals surface area (Å²) in [6, 6.07) is 32.2. The Morgan fingerprint density at radius 2 is 0.450 bits per heavy atom. The summed E-state index contributed by atoms with van der Waals surface area (Å²) in [5.41, 5.74) is 0. The van der Waals surface area contributed by atoms with Crippen LogP contribution in [0.4, 0.5) is 14.1 Å². The predicted molar refractivity (Wildman–Crippen MR) is 263 cm³/mol. The molecule has 0 heterocycles.